The summed E-state index contributed by atoms with van der Waals surface area (Å²) in [4.78, 5) is 22.6. The van der Waals surface area contributed by atoms with Gasteiger partial charge in [-0.25, -0.2) is 13.6 Å². The number of thioether (sulfide) groups is 1. The maximum Gasteiger partial charge on any atom is 0.331 e. The average Bonchev–Trinajstić information content (AvgIpc) is 2.86. The first-order valence-corrected chi connectivity index (χ1v) is 6.81. The van der Waals surface area contributed by atoms with Crippen LogP contribution in [0.5, 0.6) is 5.75 Å². The minimum absolute atomic E-state index is 0.0161. The van der Waals surface area contributed by atoms with E-state index in [2.05, 4.69) is 20.3 Å². The molecule has 23 heavy (non-hydrogen) atoms. The summed E-state index contributed by atoms with van der Waals surface area (Å²) in [6, 6.07) is 1.74. The fourth-order valence-electron chi connectivity index (χ4n) is 1.46. The van der Waals surface area contributed by atoms with Crippen LogP contribution < -0.4 is 5.32 Å². The van der Waals surface area contributed by atoms with E-state index in [0.29, 0.717) is 0 Å². The summed E-state index contributed by atoms with van der Waals surface area (Å²) >= 11 is 0.808. The molecule has 2 N–H and O–H groups in total. The number of nitrogens with one attached hydrogen (secondary N) is 1. The largest absolute Gasteiger partial charge is 0.505 e. The second-order valence-electron chi connectivity index (χ2n) is 4.03. The minimum Gasteiger partial charge on any atom is -0.505 e. The van der Waals surface area contributed by atoms with Crippen LogP contribution in [0, 0.1) is 11.6 Å². The van der Waals surface area contributed by atoms with E-state index in [-0.39, 0.29) is 10.1 Å². The van der Waals surface area contributed by atoms with Crippen LogP contribution in [0.4, 0.5) is 8.78 Å². The Labute approximate surface area is 132 Å². The first-order valence-electron chi connectivity index (χ1n) is 5.99. The Morgan fingerprint density at radius 1 is 1.43 bits per heavy atom. The zero-order valence-corrected chi connectivity index (χ0v) is 12.4. The highest BCUT2D eigenvalue weighted by atomic mass is 32.2. The highest BCUT2D eigenvalue weighted by Crippen LogP contribution is 2.24. The van der Waals surface area contributed by atoms with Gasteiger partial charge < -0.3 is 9.84 Å². The maximum absolute atomic E-state index is 13.5. The van der Waals surface area contributed by atoms with Crippen molar-refractivity contribution in [2.75, 3.05) is 7.11 Å². The molecule has 1 aromatic rings. The Morgan fingerprint density at radius 3 is 2.87 bits per heavy atom. The standard InChI is InChI=1S/C13H9F2N3O4S/c1-22-10(20)4-9-12(21)17-13(23-9)18-16-5-6-7(14)2-3-8(19)11(6)15/h2-5,19H,1H3,(H,17,18,21)/b9-4+,16-5?. The summed E-state index contributed by atoms with van der Waals surface area (Å²) in [6.45, 7) is 0. The van der Waals surface area contributed by atoms with Gasteiger partial charge in [0.15, 0.2) is 16.7 Å². The van der Waals surface area contributed by atoms with E-state index in [4.69, 9.17) is 5.11 Å². The Balaban J connectivity index is 2.16. The molecule has 0 saturated carbocycles. The fraction of sp³-hybridized carbons (Fsp3) is 0.0769. The molecule has 1 heterocycles. The first kappa shape index (κ1) is 16.6. The van der Waals surface area contributed by atoms with E-state index in [1.807, 2.05) is 0 Å². The zero-order valence-electron chi connectivity index (χ0n) is 11.5. The van der Waals surface area contributed by atoms with Gasteiger partial charge in [-0.2, -0.15) is 5.10 Å². The van der Waals surface area contributed by atoms with Gasteiger partial charge in [0.25, 0.3) is 5.91 Å². The van der Waals surface area contributed by atoms with Crippen molar-refractivity contribution in [2.45, 2.75) is 0 Å². The number of aromatic hydroxyl groups is 1. The van der Waals surface area contributed by atoms with Crippen LogP contribution in [0.15, 0.2) is 33.3 Å². The molecular formula is C13H9F2N3O4S. The molecular weight excluding hydrogens is 332 g/mol. The van der Waals surface area contributed by atoms with Gasteiger partial charge in [0.2, 0.25) is 0 Å². The van der Waals surface area contributed by atoms with Crippen LogP contribution >= 0.6 is 11.8 Å². The molecule has 1 saturated heterocycles. The van der Waals surface area contributed by atoms with E-state index in [1.54, 1.807) is 0 Å². The number of carbonyl (C=O) groups is 2. The van der Waals surface area contributed by atoms with E-state index >= 15 is 0 Å². The van der Waals surface area contributed by atoms with Gasteiger partial charge in [0, 0.05) is 6.08 Å². The summed E-state index contributed by atoms with van der Waals surface area (Å²) in [6.07, 6.45) is 1.73. The number of ether oxygens (including phenoxy) is 1. The highest BCUT2D eigenvalue weighted by Gasteiger charge is 2.25. The number of hydrogen-bond acceptors (Lipinski definition) is 7. The molecule has 1 aromatic carbocycles. The normalized spacial score (nSPS) is 18.0. The van der Waals surface area contributed by atoms with Crippen LogP contribution in [-0.2, 0) is 14.3 Å². The van der Waals surface area contributed by atoms with Gasteiger partial charge in [0.1, 0.15) is 5.82 Å². The summed E-state index contributed by atoms with van der Waals surface area (Å²) in [5.74, 6) is -4.13. The van der Waals surface area contributed by atoms with Crippen LogP contribution in [-0.4, -0.2) is 35.5 Å². The lowest BCUT2D eigenvalue weighted by atomic mass is 10.2. The predicted octanol–water partition coefficient (Wildman–Crippen LogP) is 1.28. The van der Waals surface area contributed by atoms with Crippen molar-refractivity contribution in [1.29, 1.82) is 0 Å². The van der Waals surface area contributed by atoms with E-state index in [0.717, 1.165) is 43.3 Å². The van der Waals surface area contributed by atoms with Crippen LogP contribution in [0.1, 0.15) is 5.56 Å². The lowest BCUT2D eigenvalue weighted by Crippen LogP contribution is -2.19. The van der Waals surface area contributed by atoms with Crippen molar-refractivity contribution in [3.63, 3.8) is 0 Å². The Morgan fingerprint density at radius 2 is 2.17 bits per heavy atom. The second kappa shape index (κ2) is 7.01. The van der Waals surface area contributed by atoms with E-state index in [9.17, 15) is 18.4 Å². The van der Waals surface area contributed by atoms with Gasteiger partial charge in [-0.15, -0.1) is 5.10 Å². The van der Waals surface area contributed by atoms with Gasteiger partial charge in [-0.3, -0.25) is 10.1 Å². The van der Waals surface area contributed by atoms with Crippen LogP contribution in [0.3, 0.4) is 0 Å². The van der Waals surface area contributed by atoms with Crippen LogP contribution in [0.25, 0.3) is 0 Å². The number of phenols is 1. The molecule has 0 unspecified atom stereocenters. The quantitative estimate of drug-likeness (QED) is 0.373. The molecule has 0 atom stereocenters. The second-order valence-corrected chi connectivity index (χ2v) is 5.06. The van der Waals surface area contributed by atoms with E-state index < -0.39 is 34.8 Å². The molecule has 0 spiro atoms. The van der Waals surface area contributed by atoms with Crippen LogP contribution in [0.2, 0.25) is 0 Å². The molecule has 0 radical (unpaired) electrons. The number of benzene rings is 1. The number of esters is 1. The van der Waals surface area contributed by atoms with Crippen molar-refractivity contribution < 1.29 is 28.2 Å². The summed E-state index contributed by atoms with van der Waals surface area (Å²) in [7, 11) is 1.16. The summed E-state index contributed by atoms with van der Waals surface area (Å²) < 4.78 is 31.3. The van der Waals surface area contributed by atoms with Crippen molar-refractivity contribution in [1.82, 2.24) is 5.32 Å². The third-order valence-electron chi connectivity index (χ3n) is 2.54. The van der Waals surface area contributed by atoms with Gasteiger partial charge in [0.05, 0.1) is 23.8 Å². The predicted molar refractivity (Wildman–Crippen MR) is 78.9 cm³/mol. The van der Waals surface area contributed by atoms with Gasteiger partial charge in [-0.05, 0) is 23.9 Å². The summed E-state index contributed by atoms with van der Waals surface area (Å²) in [5, 5.41) is 18.5. The number of hydrogen-bond donors (Lipinski definition) is 2. The Bertz CT molecular complexity index is 762. The molecule has 120 valence electrons. The molecule has 1 amide bonds. The Kier molecular flexibility index (Phi) is 5.06. The third kappa shape index (κ3) is 3.92. The number of amides is 1. The maximum atomic E-state index is 13.5. The average molecular weight is 341 g/mol. The van der Waals surface area contributed by atoms with Crippen molar-refractivity contribution >= 4 is 35.0 Å². The molecule has 1 aliphatic heterocycles. The number of methoxy groups -OCH3 is 1. The summed E-state index contributed by atoms with van der Waals surface area (Å²) in [5.41, 5.74) is -0.575. The highest BCUT2D eigenvalue weighted by molar-refractivity contribution is 8.18. The number of carbonyl (C=O) groups excluding carboxylic acids is 2. The van der Waals surface area contributed by atoms with E-state index in [1.165, 1.54) is 0 Å². The van der Waals surface area contributed by atoms with Crippen molar-refractivity contribution in [2.24, 2.45) is 10.2 Å². The van der Waals surface area contributed by atoms with Gasteiger partial charge in [-0.1, -0.05) is 0 Å². The molecule has 10 heteroatoms. The minimum atomic E-state index is -1.18. The lowest BCUT2D eigenvalue weighted by molar-refractivity contribution is -0.135. The molecule has 0 aliphatic carbocycles. The number of phenolic OH excluding ortho intramolecular Hbond substituents is 1. The molecule has 1 fully saturated rings. The fourth-order valence-corrected chi connectivity index (χ4v) is 2.20. The smallest absolute Gasteiger partial charge is 0.331 e. The molecule has 7 nitrogen and oxygen atoms in total. The van der Waals surface area contributed by atoms with Crippen molar-refractivity contribution in [3.05, 3.63) is 40.3 Å². The topological polar surface area (TPSA) is 100 Å². The number of halogens is 2. The number of amidine groups is 1. The lowest BCUT2D eigenvalue weighted by Gasteiger charge is -1.99. The van der Waals surface area contributed by atoms with Crippen molar-refractivity contribution in [3.8, 4) is 5.75 Å². The third-order valence-corrected chi connectivity index (χ3v) is 3.44. The molecule has 2 rings (SSSR count). The first-order chi connectivity index (χ1) is 10.9. The number of rotatable bonds is 3. The molecule has 0 bridgehead atoms. The molecule has 1 aliphatic rings. The SMILES string of the molecule is COC(=O)/C=C1/S/C(=N\N=Cc2c(F)ccc(O)c2F)NC1=O. The zero-order chi connectivity index (χ0) is 17.0. The number of nitrogens with zero attached hydrogens (tertiary/aromatic N) is 2. The Hall–Kier alpha value is -2.75. The molecule has 0 aromatic heterocycles. The van der Waals surface area contributed by atoms with Gasteiger partial charge >= 0.3 is 5.97 Å². The monoisotopic (exact) mass is 341 g/mol.